The molecule has 0 aliphatic carbocycles. The lowest BCUT2D eigenvalue weighted by Gasteiger charge is -2.32. The molecule has 8 heteroatoms. The Morgan fingerprint density at radius 1 is 1.16 bits per heavy atom. The van der Waals surface area contributed by atoms with Crippen molar-refractivity contribution in [3.63, 3.8) is 0 Å². The number of piperidine rings is 1. The fourth-order valence-corrected chi connectivity index (χ4v) is 4.21. The molecular formula is C23H21N5O3. The number of carbonyl (C=O) groups excluding carboxylic acids is 1. The van der Waals surface area contributed by atoms with Gasteiger partial charge in [0.25, 0.3) is 11.5 Å². The number of carbonyl (C=O) groups is 1. The molecule has 0 atom stereocenters. The zero-order valence-corrected chi connectivity index (χ0v) is 17.0. The lowest BCUT2D eigenvalue weighted by molar-refractivity contribution is 0.0708. The summed E-state index contributed by atoms with van der Waals surface area (Å²) in [5.41, 5.74) is 2.36. The van der Waals surface area contributed by atoms with Crippen LogP contribution in [0.1, 0.15) is 40.6 Å². The number of amides is 1. The van der Waals surface area contributed by atoms with Crippen molar-refractivity contribution in [3.8, 4) is 11.3 Å². The molecule has 1 aliphatic heterocycles. The van der Waals surface area contributed by atoms with Gasteiger partial charge in [0.1, 0.15) is 5.69 Å². The van der Waals surface area contributed by atoms with Crippen LogP contribution in [0, 0.1) is 6.92 Å². The van der Waals surface area contributed by atoms with E-state index in [1.165, 1.54) is 6.07 Å². The van der Waals surface area contributed by atoms with E-state index in [2.05, 4.69) is 20.3 Å². The number of fused-ring (bicyclic) bond motifs is 1. The van der Waals surface area contributed by atoms with Gasteiger partial charge in [0, 0.05) is 48.3 Å². The highest BCUT2D eigenvalue weighted by molar-refractivity contribution is 6.05. The average molecular weight is 415 g/mol. The summed E-state index contributed by atoms with van der Waals surface area (Å²) in [6.45, 7) is 3.01. The number of H-pyrrole nitrogens is 1. The molecule has 3 aromatic heterocycles. The predicted octanol–water partition coefficient (Wildman–Crippen LogP) is 3.30. The molecule has 0 radical (unpaired) electrons. The van der Waals surface area contributed by atoms with Crippen molar-refractivity contribution in [3.05, 3.63) is 76.1 Å². The first-order chi connectivity index (χ1) is 15.1. The Morgan fingerprint density at radius 2 is 1.97 bits per heavy atom. The van der Waals surface area contributed by atoms with Crippen molar-refractivity contribution in [2.45, 2.75) is 25.7 Å². The van der Waals surface area contributed by atoms with Gasteiger partial charge in [0.15, 0.2) is 5.76 Å². The minimum absolute atomic E-state index is 0.0595. The minimum atomic E-state index is -0.289. The molecule has 8 nitrogen and oxygen atoms in total. The largest absolute Gasteiger partial charge is 0.356 e. The van der Waals surface area contributed by atoms with Crippen LogP contribution in [0.25, 0.3) is 22.1 Å². The molecule has 4 heterocycles. The molecule has 1 saturated heterocycles. The molecule has 4 aromatic rings. The highest BCUT2D eigenvalue weighted by Gasteiger charge is 2.29. The van der Waals surface area contributed by atoms with Crippen LogP contribution in [0.4, 0.5) is 0 Å². The number of pyridine rings is 1. The van der Waals surface area contributed by atoms with Crippen LogP contribution in [0.3, 0.4) is 0 Å². The van der Waals surface area contributed by atoms with Crippen molar-refractivity contribution in [1.29, 1.82) is 0 Å². The van der Waals surface area contributed by atoms with Gasteiger partial charge in [-0.25, -0.2) is 5.10 Å². The van der Waals surface area contributed by atoms with E-state index in [4.69, 9.17) is 4.52 Å². The average Bonchev–Trinajstić information content (AvgIpc) is 3.24. The second-order valence-corrected chi connectivity index (χ2v) is 7.81. The van der Waals surface area contributed by atoms with Gasteiger partial charge in [0.05, 0.1) is 11.4 Å². The Hall–Kier alpha value is -3.81. The maximum Gasteiger partial charge on any atom is 0.273 e. The lowest BCUT2D eigenvalue weighted by atomic mass is 9.90. The lowest BCUT2D eigenvalue weighted by Crippen LogP contribution is -2.38. The summed E-state index contributed by atoms with van der Waals surface area (Å²) in [5, 5.41) is 12.6. The molecule has 1 fully saturated rings. The van der Waals surface area contributed by atoms with E-state index < -0.39 is 0 Å². The molecule has 0 saturated carbocycles. The minimum Gasteiger partial charge on any atom is -0.356 e. The van der Waals surface area contributed by atoms with Gasteiger partial charge >= 0.3 is 0 Å². The Kier molecular flexibility index (Phi) is 4.82. The number of aromatic nitrogens is 4. The van der Waals surface area contributed by atoms with Gasteiger partial charge in [-0.2, -0.15) is 5.10 Å². The third-order valence-corrected chi connectivity index (χ3v) is 5.78. The molecular weight excluding hydrogens is 394 g/mol. The second kappa shape index (κ2) is 7.79. The van der Waals surface area contributed by atoms with Crippen LogP contribution < -0.4 is 5.56 Å². The molecule has 1 aromatic carbocycles. The molecule has 0 unspecified atom stereocenters. The topological polar surface area (TPSA) is 105 Å². The number of benzene rings is 1. The second-order valence-electron chi connectivity index (χ2n) is 7.81. The standard InChI is InChI=1S/C23H21N5O3/c1-14-12-19(31-27-14)18-13-20(29)25-26-21(18)16-7-10-28(11-8-16)23(30)22-17-5-3-2-4-15(17)6-9-24-22/h2-6,9,12-13,16H,7-8,10-11H2,1H3,(H,25,29). The van der Waals surface area contributed by atoms with E-state index in [-0.39, 0.29) is 17.4 Å². The van der Waals surface area contributed by atoms with E-state index in [9.17, 15) is 9.59 Å². The monoisotopic (exact) mass is 415 g/mol. The van der Waals surface area contributed by atoms with E-state index in [1.54, 1.807) is 12.3 Å². The van der Waals surface area contributed by atoms with Crippen molar-refractivity contribution >= 4 is 16.7 Å². The van der Waals surface area contributed by atoms with Crippen molar-refractivity contribution in [2.75, 3.05) is 13.1 Å². The fraction of sp³-hybridized carbons (Fsp3) is 0.261. The van der Waals surface area contributed by atoms with E-state index in [1.807, 2.05) is 42.2 Å². The van der Waals surface area contributed by atoms with Crippen LogP contribution in [0.2, 0.25) is 0 Å². The normalized spacial score (nSPS) is 14.8. The Morgan fingerprint density at radius 3 is 2.74 bits per heavy atom. The van der Waals surface area contributed by atoms with Crippen molar-refractivity contribution in [1.82, 2.24) is 25.2 Å². The number of nitrogens with one attached hydrogen (secondary N) is 1. The van der Waals surface area contributed by atoms with Crippen LogP contribution in [0.15, 0.2) is 58.0 Å². The number of likely N-dealkylation sites (tertiary alicyclic amines) is 1. The highest BCUT2D eigenvalue weighted by Crippen LogP contribution is 2.33. The zero-order chi connectivity index (χ0) is 21.4. The first-order valence-electron chi connectivity index (χ1n) is 10.3. The maximum atomic E-state index is 13.2. The Bertz CT molecular complexity index is 1310. The highest BCUT2D eigenvalue weighted by atomic mass is 16.5. The van der Waals surface area contributed by atoms with Gasteiger partial charge in [-0.05, 0) is 31.2 Å². The molecule has 31 heavy (non-hydrogen) atoms. The fourth-order valence-electron chi connectivity index (χ4n) is 4.21. The molecule has 5 rings (SSSR count). The first kappa shape index (κ1) is 19.2. The first-order valence-corrected chi connectivity index (χ1v) is 10.3. The van der Waals surface area contributed by atoms with E-state index in [0.29, 0.717) is 30.1 Å². The molecule has 156 valence electrons. The third-order valence-electron chi connectivity index (χ3n) is 5.78. The molecule has 1 aliphatic rings. The third kappa shape index (κ3) is 3.61. The Labute approximate surface area is 177 Å². The molecule has 0 bridgehead atoms. The van der Waals surface area contributed by atoms with E-state index in [0.717, 1.165) is 35.0 Å². The van der Waals surface area contributed by atoms with Crippen molar-refractivity contribution < 1.29 is 9.32 Å². The van der Waals surface area contributed by atoms with Gasteiger partial charge in [0.2, 0.25) is 0 Å². The smallest absolute Gasteiger partial charge is 0.273 e. The van der Waals surface area contributed by atoms with Gasteiger partial charge in [-0.3, -0.25) is 14.6 Å². The number of aromatic amines is 1. The summed E-state index contributed by atoms with van der Waals surface area (Å²) in [6, 6.07) is 13.0. The Balaban J connectivity index is 1.38. The van der Waals surface area contributed by atoms with Crippen LogP contribution >= 0.6 is 0 Å². The molecule has 1 amide bonds. The predicted molar refractivity (Wildman–Crippen MR) is 115 cm³/mol. The SMILES string of the molecule is Cc1cc(-c2cc(=O)[nH]nc2C2CCN(C(=O)c3nccc4ccccc34)CC2)on1. The number of hydrogen-bond donors (Lipinski definition) is 1. The maximum absolute atomic E-state index is 13.2. The quantitative estimate of drug-likeness (QED) is 0.550. The number of hydrogen-bond acceptors (Lipinski definition) is 6. The summed E-state index contributed by atoms with van der Waals surface area (Å²) in [7, 11) is 0. The van der Waals surface area contributed by atoms with Crippen LogP contribution in [-0.2, 0) is 0 Å². The summed E-state index contributed by atoms with van der Waals surface area (Å²) >= 11 is 0. The van der Waals surface area contributed by atoms with Gasteiger partial charge in [-0.15, -0.1) is 0 Å². The summed E-state index contributed by atoms with van der Waals surface area (Å²) in [6.07, 6.45) is 3.14. The van der Waals surface area contributed by atoms with Gasteiger partial charge < -0.3 is 9.42 Å². The molecule has 0 spiro atoms. The van der Waals surface area contributed by atoms with Crippen LogP contribution in [-0.4, -0.2) is 44.2 Å². The molecule has 1 N–H and O–H groups in total. The zero-order valence-electron chi connectivity index (χ0n) is 17.0. The number of rotatable bonds is 3. The van der Waals surface area contributed by atoms with Crippen LogP contribution in [0.5, 0.6) is 0 Å². The van der Waals surface area contributed by atoms with Crippen molar-refractivity contribution in [2.24, 2.45) is 0 Å². The summed E-state index contributed by atoms with van der Waals surface area (Å²) < 4.78 is 5.38. The summed E-state index contributed by atoms with van der Waals surface area (Å²) in [4.78, 5) is 31.2. The number of nitrogens with zero attached hydrogens (tertiary/aromatic N) is 4. The number of aryl methyl sites for hydroxylation is 1. The van der Waals surface area contributed by atoms with Gasteiger partial charge in [-0.1, -0.05) is 29.4 Å². The van der Waals surface area contributed by atoms with E-state index >= 15 is 0 Å². The summed E-state index contributed by atoms with van der Waals surface area (Å²) in [5.74, 6) is 0.571.